The number of hydrogen-bond donors (Lipinski definition) is 1. The molecule has 2 saturated heterocycles. The number of likely N-dealkylation sites (N-methyl/N-ethyl adjacent to an activating group) is 1. The molecule has 2 aliphatic rings. The van der Waals surface area contributed by atoms with Gasteiger partial charge in [0, 0.05) is 37.7 Å². The van der Waals surface area contributed by atoms with Gasteiger partial charge in [0.1, 0.15) is 6.10 Å². The third kappa shape index (κ3) is 3.69. The van der Waals surface area contributed by atoms with Crippen LogP contribution in [0.15, 0.2) is 24.3 Å². The van der Waals surface area contributed by atoms with E-state index in [1.54, 1.807) is 0 Å². The van der Waals surface area contributed by atoms with Crippen LogP contribution in [-0.4, -0.2) is 67.7 Å². The summed E-state index contributed by atoms with van der Waals surface area (Å²) in [5.74, 6) is 0.0783. The second-order valence-electron chi connectivity index (χ2n) is 6.03. The number of hydrogen-bond acceptors (Lipinski definition) is 4. The highest BCUT2D eigenvalue weighted by atomic mass is 35.5. The van der Waals surface area contributed by atoms with E-state index < -0.39 is 0 Å². The molecule has 2 aliphatic heterocycles. The maximum atomic E-state index is 13.0. The fraction of sp³-hybridized carbons (Fsp3) is 0.588. The summed E-state index contributed by atoms with van der Waals surface area (Å²) in [4.78, 5) is 17.2. The first kappa shape index (κ1) is 16.7. The Hall–Kier alpha value is -1.14. The molecule has 0 spiro atoms. The Morgan fingerprint density at radius 1 is 1.39 bits per heavy atom. The quantitative estimate of drug-likeness (QED) is 0.908. The van der Waals surface area contributed by atoms with Gasteiger partial charge in [-0.15, -0.1) is 0 Å². The molecule has 2 fully saturated rings. The number of halogens is 1. The summed E-state index contributed by atoms with van der Waals surface area (Å²) in [7, 11) is 0. The van der Waals surface area contributed by atoms with Gasteiger partial charge in [0.05, 0.1) is 12.6 Å². The molecule has 0 saturated carbocycles. The Bertz CT molecular complexity index is 554. The number of ether oxygens (including phenoxy) is 1. The maximum absolute atomic E-state index is 13.0. The second-order valence-corrected chi connectivity index (χ2v) is 6.43. The van der Waals surface area contributed by atoms with Gasteiger partial charge in [-0.2, -0.15) is 0 Å². The highest BCUT2D eigenvalue weighted by molar-refractivity contribution is 6.31. The van der Waals surface area contributed by atoms with Crippen LogP contribution in [0.2, 0.25) is 5.02 Å². The first-order chi connectivity index (χ1) is 11.2. The average Bonchev–Trinajstić information content (AvgIpc) is 2.61. The summed E-state index contributed by atoms with van der Waals surface area (Å²) < 4.78 is 5.75. The first-order valence-corrected chi connectivity index (χ1v) is 8.68. The lowest BCUT2D eigenvalue weighted by atomic mass is 10.0. The van der Waals surface area contributed by atoms with Crippen LogP contribution < -0.4 is 5.32 Å². The molecule has 5 nitrogen and oxygen atoms in total. The highest BCUT2D eigenvalue weighted by Crippen LogP contribution is 2.29. The van der Waals surface area contributed by atoms with E-state index >= 15 is 0 Å². The zero-order valence-corrected chi connectivity index (χ0v) is 14.3. The predicted octanol–water partition coefficient (Wildman–Crippen LogP) is 1.53. The Labute approximate surface area is 142 Å². The van der Waals surface area contributed by atoms with E-state index in [1.807, 2.05) is 29.2 Å². The number of carbonyl (C=O) groups excluding carboxylic acids is 1. The van der Waals surface area contributed by atoms with E-state index in [0.717, 1.165) is 31.7 Å². The van der Waals surface area contributed by atoms with E-state index in [4.69, 9.17) is 16.3 Å². The normalized spacial score (nSPS) is 26.3. The van der Waals surface area contributed by atoms with Gasteiger partial charge in [-0.3, -0.25) is 9.69 Å². The molecule has 1 N–H and O–H groups in total. The van der Waals surface area contributed by atoms with Crippen LogP contribution in [-0.2, 0) is 9.53 Å². The van der Waals surface area contributed by atoms with Crippen molar-refractivity contribution in [3.63, 3.8) is 0 Å². The molecular formula is C17H24ClN3O2. The zero-order valence-electron chi connectivity index (χ0n) is 13.5. The summed E-state index contributed by atoms with van der Waals surface area (Å²) in [6.45, 7) is 7.46. The van der Waals surface area contributed by atoms with Crippen molar-refractivity contribution in [2.75, 3.05) is 45.9 Å². The lowest BCUT2D eigenvalue weighted by molar-refractivity contribution is -0.152. The Morgan fingerprint density at radius 3 is 3.00 bits per heavy atom. The van der Waals surface area contributed by atoms with Crippen LogP contribution in [0.5, 0.6) is 0 Å². The Kier molecular flexibility index (Phi) is 5.54. The van der Waals surface area contributed by atoms with Gasteiger partial charge in [-0.25, -0.2) is 0 Å². The number of nitrogens with one attached hydrogen (secondary N) is 1. The minimum Gasteiger partial charge on any atom is -0.366 e. The van der Waals surface area contributed by atoms with Crippen molar-refractivity contribution >= 4 is 17.5 Å². The lowest BCUT2D eigenvalue weighted by Crippen LogP contribution is -2.56. The molecule has 2 unspecified atom stereocenters. The summed E-state index contributed by atoms with van der Waals surface area (Å²) in [5.41, 5.74) is 0.998. The fourth-order valence-corrected chi connectivity index (χ4v) is 3.58. The Morgan fingerprint density at radius 2 is 2.22 bits per heavy atom. The number of nitrogens with zero attached hydrogens (tertiary/aromatic N) is 2. The summed E-state index contributed by atoms with van der Waals surface area (Å²) in [6, 6.07) is 7.72. The van der Waals surface area contributed by atoms with Crippen LogP contribution in [0.1, 0.15) is 18.5 Å². The molecule has 2 heterocycles. The molecule has 1 aromatic rings. The fourth-order valence-electron chi connectivity index (χ4n) is 3.32. The highest BCUT2D eigenvalue weighted by Gasteiger charge is 2.35. The molecule has 3 rings (SSSR count). The van der Waals surface area contributed by atoms with Gasteiger partial charge in [0.15, 0.2) is 0 Å². The van der Waals surface area contributed by atoms with Crippen LogP contribution in [0, 0.1) is 0 Å². The maximum Gasteiger partial charge on any atom is 0.253 e. The van der Waals surface area contributed by atoms with Crippen LogP contribution in [0.25, 0.3) is 0 Å². The largest absolute Gasteiger partial charge is 0.366 e. The zero-order chi connectivity index (χ0) is 16.2. The Balaban J connectivity index is 1.78. The molecule has 126 valence electrons. The monoisotopic (exact) mass is 337 g/mol. The summed E-state index contributed by atoms with van der Waals surface area (Å²) >= 11 is 6.35. The number of amides is 1. The van der Waals surface area contributed by atoms with E-state index in [0.29, 0.717) is 24.7 Å². The SMILES string of the molecule is CCN1CCOC(C(=O)N2CCNCC2c2ccccc2Cl)C1. The second kappa shape index (κ2) is 7.62. The molecular weight excluding hydrogens is 314 g/mol. The summed E-state index contributed by atoms with van der Waals surface area (Å²) in [6.07, 6.45) is -0.369. The van der Waals surface area contributed by atoms with Crippen LogP contribution >= 0.6 is 11.6 Å². The minimum absolute atomic E-state index is 0.0365. The van der Waals surface area contributed by atoms with Crippen molar-refractivity contribution in [1.29, 1.82) is 0 Å². The smallest absolute Gasteiger partial charge is 0.253 e. The van der Waals surface area contributed by atoms with Gasteiger partial charge in [0.25, 0.3) is 5.91 Å². The molecule has 0 radical (unpaired) electrons. The van der Waals surface area contributed by atoms with E-state index in [2.05, 4.69) is 17.1 Å². The van der Waals surface area contributed by atoms with Crippen LogP contribution in [0.3, 0.4) is 0 Å². The third-order valence-electron chi connectivity index (χ3n) is 4.66. The van der Waals surface area contributed by atoms with Gasteiger partial charge in [0.2, 0.25) is 0 Å². The van der Waals surface area contributed by atoms with Crippen molar-refractivity contribution in [3.8, 4) is 0 Å². The average molecular weight is 338 g/mol. The van der Waals surface area contributed by atoms with Crippen LogP contribution in [0.4, 0.5) is 0 Å². The standard InChI is InChI=1S/C17H24ClN3O2/c1-2-20-9-10-23-16(12-20)17(22)21-8-7-19-11-15(21)13-5-3-4-6-14(13)18/h3-6,15-16,19H,2,7-12H2,1H3. The number of benzene rings is 1. The number of piperazine rings is 1. The van der Waals surface area contributed by atoms with E-state index in [-0.39, 0.29) is 18.1 Å². The predicted molar refractivity (Wildman–Crippen MR) is 90.6 cm³/mol. The van der Waals surface area contributed by atoms with Gasteiger partial charge in [-0.05, 0) is 18.2 Å². The van der Waals surface area contributed by atoms with E-state index in [9.17, 15) is 4.79 Å². The van der Waals surface area contributed by atoms with Crippen molar-refractivity contribution in [2.45, 2.75) is 19.1 Å². The van der Waals surface area contributed by atoms with Crippen molar-refractivity contribution in [2.24, 2.45) is 0 Å². The topological polar surface area (TPSA) is 44.8 Å². The number of morpholine rings is 1. The molecule has 2 atom stereocenters. The number of rotatable bonds is 3. The molecule has 23 heavy (non-hydrogen) atoms. The third-order valence-corrected chi connectivity index (χ3v) is 5.01. The molecule has 1 amide bonds. The molecule has 6 heteroatoms. The van der Waals surface area contributed by atoms with Gasteiger partial charge in [-0.1, -0.05) is 36.7 Å². The van der Waals surface area contributed by atoms with Gasteiger partial charge >= 0.3 is 0 Å². The van der Waals surface area contributed by atoms with Crippen molar-refractivity contribution < 1.29 is 9.53 Å². The molecule has 0 bridgehead atoms. The lowest BCUT2D eigenvalue weighted by Gasteiger charge is -2.40. The van der Waals surface area contributed by atoms with Crippen molar-refractivity contribution in [1.82, 2.24) is 15.1 Å². The first-order valence-electron chi connectivity index (χ1n) is 8.30. The molecule has 0 aliphatic carbocycles. The minimum atomic E-state index is -0.369. The molecule has 0 aromatic heterocycles. The summed E-state index contributed by atoms with van der Waals surface area (Å²) in [5, 5.41) is 4.07. The van der Waals surface area contributed by atoms with E-state index in [1.165, 1.54) is 0 Å². The molecule has 1 aromatic carbocycles. The van der Waals surface area contributed by atoms with Gasteiger partial charge < -0.3 is 15.0 Å². The number of carbonyl (C=O) groups is 1. The van der Waals surface area contributed by atoms with Crippen molar-refractivity contribution in [3.05, 3.63) is 34.9 Å².